The molecule has 0 saturated carbocycles. The van der Waals surface area contributed by atoms with E-state index < -0.39 is 10.0 Å². The third-order valence-electron chi connectivity index (χ3n) is 3.46. The molecule has 1 amide bonds. The number of benzene rings is 1. The standard InChI is InChI=1S/C14H19IN2O4S/c1-17(2)22(19,20)11-5-6-13(15)12(8-11)14(18)16-10-4-3-7-21-9-10/h5-6,8,10H,3-4,7,9H2,1-2H3,(H,16,18). The smallest absolute Gasteiger partial charge is 0.252 e. The summed E-state index contributed by atoms with van der Waals surface area (Å²) in [4.78, 5) is 12.5. The summed E-state index contributed by atoms with van der Waals surface area (Å²) < 4.78 is 31.5. The molecule has 22 heavy (non-hydrogen) atoms. The van der Waals surface area contributed by atoms with E-state index in [1.54, 1.807) is 6.07 Å². The summed E-state index contributed by atoms with van der Waals surface area (Å²) in [6, 6.07) is 4.56. The van der Waals surface area contributed by atoms with Crippen molar-refractivity contribution in [2.45, 2.75) is 23.8 Å². The number of ether oxygens (including phenoxy) is 1. The van der Waals surface area contributed by atoms with Crippen molar-refractivity contribution in [1.82, 2.24) is 9.62 Å². The molecule has 1 atom stereocenters. The van der Waals surface area contributed by atoms with Gasteiger partial charge in [0.1, 0.15) is 0 Å². The Morgan fingerprint density at radius 2 is 2.14 bits per heavy atom. The van der Waals surface area contributed by atoms with Crippen LogP contribution in [0.25, 0.3) is 0 Å². The monoisotopic (exact) mass is 438 g/mol. The number of nitrogens with zero attached hydrogens (tertiary/aromatic N) is 1. The van der Waals surface area contributed by atoms with Crippen molar-refractivity contribution in [3.8, 4) is 0 Å². The van der Waals surface area contributed by atoms with Crippen molar-refractivity contribution in [1.29, 1.82) is 0 Å². The van der Waals surface area contributed by atoms with Gasteiger partial charge in [-0.05, 0) is 53.6 Å². The van der Waals surface area contributed by atoms with Crippen LogP contribution in [0.1, 0.15) is 23.2 Å². The molecule has 1 heterocycles. The maximum Gasteiger partial charge on any atom is 0.252 e. The number of carbonyl (C=O) groups is 1. The second-order valence-corrected chi connectivity index (χ2v) is 8.63. The molecule has 6 nitrogen and oxygen atoms in total. The minimum absolute atomic E-state index is 0.0221. The minimum Gasteiger partial charge on any atom is -0.379 e. The van der Waals surface area contributed by atoms with Crippen LogP contribution in [0.5, 0.6) is 0 Å². The van der Waals surface area contributed by atoms with Gasteiger partial charge in [0, 0.05) is 24.3 Å². The number of hydrogen-bond acceptors (Lipinski definition) is 4. The summed E-state index contributed by atoms with van der Waals surface area (Å²) in [6.45, 7) is 1.22. The van der Waals surface area contributed by atoms with Crippen molar-refractivity contribution in [2.24, 2.45) is 0 Å². The summed E-state index contributed by atoms with van der Waals surface area (Å²) in [5.74, 6) is -0.268. The second kappa shape index (κ2) is 7.24. The predicted octanol–water partition coefficient (Wildman–Crippen LogP) is 1.45. The van der Waals surface area contributed by atoms with Gasteiger partial charge in [0.15, 0.2) is 0 Å². The number of nitrogens with one attached hydrogen (secondary N) is 1. The van der Waals surface area contributed by atoms with Gasteiger partial charge >= 0.3 is 0 Å². The molecule has 0 bridgehead atoms. The summed E-state index contributed by atoms with van der Waals surface area (Å²) in [7, 11) is -0.628. The molecule has 0 radical (unpaired) electrons. The lowest BCUT2D eigenvalue weighted by Crippen LogP contribution is -2.41. The van der Waals surface area contributed by atoms with Gasteiger partial charge in [0.05, 0.1) is 23.1 Å². The molecule has 0 aliphatic carbocycles. The van der Waals surface area contributed by atoms with Gasteiger partial charge < -0.3 is 10.1 Å². The number of halogens is 1. The lowest BCUT2D eigenvalue weighted by Gasteiger charge is -2.23. The zero-order chi connectivity index (χ0) is 16.3. The molecular formula is C14H19IN2O4S. The molecule has 122 valence electrons. The number of rotatable bonds is 4. The van der Waals surface area contributed by atoms with Crippen LogP contribution in [0, 0.1) is 3.57 Å². The molecule has 0 spiro atoms. The highest BCUT2D eigenvalue weighted by molar-refractivity contribution is 14.1. The zero-order valence-electron chi connectivity index (χ0n) is 12.5. The SMILES string of the molecule is CN(C)S(=O)(=O)c1ccc(I)c(C(=O)NC2CCCOC2)c1. The first-order valence-corrected chi connectivity index (χ1v) is 9.45. The first kappa shape index (κ1) is 17.6. The van der Waals surface area contributed by atoms with Crippen molar-refractivity contribution in [3.63, 3.8) is 0 Å². The molecule has 1 fully saturated rings. The second-order valence-electron chi connectivity index (χ2n) is 5.32. The van der Waals surface area contributed by atoms with E-state index in [9.17, 15) is 13.2 Å². The van der Waals surface area contributed by atoms with E-state index in [2.05, 4.69) is 5.32 Å². The first-order valence-electron chi connectivity index (χ1n) is 6.93. The van der Waals surface area contributed by atoms with E-state index in [1.807, 2.05) is 22.6 Å². The van der Waals surface area contributed by atoms with Crippen LogP contribution in [0.2, 0.25) is 0 Å². The maximum absolute atomic E-state index is 12.4. The summed E-state index contributed by atoms with van der Waals surface area (Å²) >= 11 is 2.03. The topological polar surface area (TPSA) is 75.7 Å². The Hall–Kier alpha value is -0.710. The van der Waals surface area contributed by atoms with Gasteiger partial charge in [-0.15, -0.1) is 0 Å². The van der Waals surface area contributed by atoms with Crippen LogP contribution < -0.4 is 5.32 Å². The summed E-state index contributed by atoms with van der Waals surface area (Å²) in [6.07, 6.45) is 1.79. The van der Waals surface area contributed by atoms with Crippen LogP contribution >= 0.6 is 22.6 Å². The van der Waals surface area contributed by atoms with Gasteiger partial charge in [-0.1, -0.05) is 0 Å². The van der Waals surface area contributed by atoms with E-state index in [-0.39, 0.29) is 16.8 Å². The predicted molar refractivity (Wildman–Crippen MR) is 91.3 cm³/mol. The van der Waals surface area contributed by atoms with E-state index in [0.29, 0.717) is 15.7 Å². The summed E-state index contributed by atoms with van der Waals surface area (Å²) in [5, 5.41) is 2.91. The van der Waals surface area contributed by atoms with Crippen molar-refractivity contribution in [2.75, 3.05) is 27.3 Å². The average Bonchev–Trinajstić information content (AvgIpc) is 2.48. The van der Waals surface area contributed by atoms with Crippen molar-refractivity contribution < 1.29 is 17.9 Å². The molecule has 1 aromatic carbocycles. The van der Waals surface area contributed by atoms with Crippen molar-refractivity contribution in [3.05, 3.63) is 27.3 Å². The van der Waals surface area contributed by atoms with Crippen LogP contribution in [0.3, 0.4) is 0 Å². The highest BCUT2D eigenvalue weighted by Crippen LogP contribution is 2.20. The fourth-order valence-corrected chi connectivity index (χ4v) is 3.68. The highest BCUT2D eigenvalue weighted by atomic mass is 127. The molecule has 0 aromatic heterocycles. The molecule has 1 saturated heterocycles. The first-order chi connectivity index (χ1) is 10.3. The quantitative estimate of drug-likeness (QED) is 0.723. The van der Waals surface area contributed by atoms with E-state index >= 15 is 0 Å². The number of sulfonamides is 1. The molecule has 2 rings (SSSR count). The minimum atomic E-state index is -3.56. The van der Waals surface area contributed by atoms with Gasteiger partial charge in [-0.3, -0.25) is 4.79 Å². The maximum atomic E-state index is 12.4. The Bertz CT molecular complexity index is 655. The number of carbonyl (C=O) groups excluding carboxylic acids is 1. The van der Waals surface area contributed by atoms with Gasteiger partial charge in [0.2, 0.25) is 10.0 Å². The molecule has 1 aliphatic rings. The van der Waals surface area contributed by atoms with Gasteiger partial charge in [0.25, 0.3) is 5.91 Å². The van der Waals surface area contributed by atoms with E-state index in [0.717, 1.165) is 23.8 Å². The Balaban J connectivity index is 2.24. The Labute approximate surface area is 144 Å². The number of amides is 1. The van der Waals surface area contributed by atoms with Crippen LogP contribution in [0.15, 0.2) is 23.1 Å². The van der Waals surface area contributed by atoms with E-state index in [1.165, 1.54) is 26.2 Å². The molecule has 8 heteroatoms. The van der Waals surface area contributed by atoms with Crippen LogP contribution in [0.4, 0.5) is 0 Å². The molecular weight excluding hydrogens is 419 g/mol. The van der Waals surface area contributed by atoms with Gasteiger partial charge in [-0.2, -0.15) is 0 Å². The lowest BCUT2D eigenvalue weighted by atomic mass is 10.1. The van der Waals surface area contributed by atoms with E-state index in [4.69, 9.17) is 4.74 Å². The third kappa shape index (κ3) is 3.98. The lowest BCUT2D eigenvalue weighted by molar-refractivity contribution is 0.0623. The fraction of sp³-hybridized carbons (Fsp3) is 0.500. The molecule has 1 aromatic rings. The molecule has 1 aliphatic heterocycles. The Morgan fingerprint density at radius 1 is 1.41 bits per heavy atom. The fourth-order valence-electron chi connectivity index (χ4n) is 2.17. The van der Waals surface area contributed by atoms with Crippen LogP contribution in [-0.2, 0) is 14.8 Å². The zero-order valence-corrected chi connectivity index (χ0v) is 15.5. The number of hydrogen-bond donors (Lipinski definition) is 1. The largest absolute Gasteiger partial charge is 0.379 e. The van der Waals surface area contributed by atoms with Gasteiger partial charge in [-0.25, -0.2) is 12.7 Å². The normalized spacial score (nSPS) is 19.2. The third-order valence-corrected chi connectivity index (χ3v) is 6.21. The van der Waals surface area contributed by atoms with Crippen molar-refractivity contribution >= 4 is 38.5 Å². The Kier molecular flexibility index (Phi) is 5.81. The Morgan fingerprint density at radius 3 is 2.73 bits per heavy atom. The highest BCUT2D eigenvalue weighted by Gasteiger charge is 2.22. The summed E-state index contributed by atoms with van der Waals surface area (Å²) in [5.41, 5.74) is 0.370. The average molecular weight is 438 g/mol. The molecule has 1 N–H and O–H groups in total. The molecule has 1 unspecified atom stereocenters. The van der Waals surface area contributed by atoms with Crippen LogP contribution in [-0.4, -0.2) is 52.0 Å².